The molecule has 9 unspecified atom stereocenters. The second-order valence-electron chi connectivity index (χ2n) is 16.3. The van der Waals surface area contributed by atoms with Crippen LogP contribution in [0.4, 0.5) is 5.69 Å². The van der Waals surface area contributed by atoms with Crippen LogP contribution in [-0.4, -0.2) is 93.8 Å². The third-order valence-corrected chi connectivity index (χ3v) is 11.4. The SMILES string of the molecule is COC(=O)C1C(O)C(C)C(O)C(C)(O)C=C(C)C2=C3C(=C(C)C(=O)c4c(O)c(c(C)c(OC(C)=O)c43)NC(=O)/C(C)=C/C=C\C(C)C3OC(C)(C)OC1C3C)OCO2. The minimum Gasteiger partial charge on any atom is -0.505 e. The summed E-state index contributed by atoms with van der Waals surface area (Å²) in [4.78, 5) is 53.9. The number of phenols is 1. The van der Waals surface area contributed by atoms with Gasteiger partial charge in [-0.05, 0) is 60.1 Å². The molecule has 1 aliphatic carbocycles. The largest absolute Gasteiger partial charge is 0.505 e. The van der Waals surface area contributed by atoms with Gasteiger partial charge in [0.05, 0.1) is 48.3 Å². The van der Waals surface area contributed by atoms with E-state index >= 15 is 0 Å². The number of aromatic hydroxyl groups is 1. The van der Waals surface area contributed by atoms with E-state index in [1.165, 1.54) is 40.9 Å². The van der Waals surface area contributed by atoms with E-state index in [1.54, 1.807) is 45.9 Å². The zero-order chi connectivity index (χ0) is 43.3. The van der Waals surface area contributed by atoms with Crippen molar-refractivity contribution in [2.75, 3.05) is 19.2 Å². The summed E-state index contributed by atoms with van der Waals surface area (Å²) in [6, 6.07) is 0. The highest BCUT2D eigenvalue weighted by Crippen LogP contribution is 2.53. The number of carbonyl (C=O) groups is 4. The van der Waals surface area contributed by atoms with Crippen LogP contribution >= 0.6 is 0 Å². The molecule has 0 aromatic heterocycles. The molecule has 1 fully saturated rings. The van der Waals surface area contributed by atoms with Crippen molar-refractivity contribution in [2.24, 2.45) is 23.7 Å². The number of ether oxygens (including phenoxy) is 6. The van der Waals surface area contributed by atoms with Gasteiger partial charge in [0.1, 0.15) is 28.8 Å². The van der Waals surface area contributed by atoms with Gasteiger partial charge in [0, 0.05) is 47.0 Å². The summed E-state index contributed by atoms with van der Waals surface area (Å²) in [5.74, 6) is -8.14. The van der Waals surface area contributed by atoms with Crippen LogP contribution in [0.5, 0.6) is 11.5 Å². The predicted octanol–water partition coefficient (Wildman–Crippen LogP) is 4.90. The molecule has 6 bridgehead atoms. The second-order valence-corrected chi connectivity index (χ2v) is 16.3. The highest BCUT2D eigenvalue weighted by Gasteiger charge is 2.52. The van der Waals surface area contributed by atoms with Gasteiger partial charge in [-0.2, -0.15) is 0 Å². The van der Waals surface area contributed by atoms with Gasteiger partial charge in [-0.3, -0.25) is 19.2 Å². The highest BCUT2D eigenvalue weighted by molar-refractivity contribution is 6.21. The number of amides is 1. The standard InChI is InChI=1S/C43H55NO14/c1-18-14-13-15-19(2)40(50)44-30-21(4)37(56-25(8)45)26-27(33(30)48)31(46)22(5)36-28(26)35(54-17-55-36)20(3)16-43(11,52)39(49)23(6)32(47)29(41(51)53-12)38-24(7)34(18)57-42(9,10)58-38/h13-16,18,23-24,29,32,34,38-39,47-49,52H,17H2,1-12H3,(H,44,50)/b14-13-,19-15+,20-16?. The molecular weight excluding hydrogens is 754 g/mol. The number of aliphatic hydroxyl groups excluding tert-OH is 2. The van der Waals surface area contributed by atoms with Crippen LogP contribution in [0.15, 0.2) is 52.5 Å². The summed E-state index contributed by atoms with van der Waals surface area (Å²) >= 11 is 0. The van der Waals surface area contributed by atoms with Crippen molar-refractivity contribution in [3.8, 4) is 11.5 Å². The van der Waals surface area contributed by atoms with Gasteiger partial charge in [-0.25, -0.2) is 0 Å². The number of anilines is 1. The van der Waals surface area contributed by atoms with Crippen molar-refractivity contribution < 1.29 is 68.0 Å². The Morgan fingerprint density at radius 1 is 0.914 bits per heavy atom. The van der Waals surface area contributed by atoms with Gasteiger partial charge < -0.3 is 54.2 Å². The monoisotopic (exact) mass is 809 g/mol. The molecule has 5 N–H and O–H groups in total. The fraction of sp³-hybridized carbons (Fsp3) is 0.535. The van der Waals surface area contributed by atoms with E-state index in [1.807, 2.05) is 13.8 Å². The summed E-state index contributed by atoms with van der Waals surface area (Å²) in [5, 5.41) is 50.2. The number of rotatable bonds is 2. The number of aliphatic hydroxyl groups is 3. The second kappa shape index (κ2) is 16.5. The number of fused-ring (bicyclic) bond motifs is 10. The number of nitrogens with one attached hydrogen (secondary N) is 1. The van der Waals surface area contributed by atoms with E-state index in [9.17, 15) is 39.6 Å². The molecule has 0 saturated carbocycles. The molecule has 15 heteroatoms. The van der Waals surface area contributed by atoms with Crippen LogP contribution < -0.4 is 10.1 Å². The number of allylic oxidation sites excluding steroid dienone is 5. The number of benzene rings is 1. The fourth-order valence-corrected chi connectivity index (χ4v) is 8.32. The van der Waals surface area contributed by atoms with E-state index in [-0.39, 0.29) is 74.6 Å². The third-order valence-electron chi connectivity index (χ3n) is 11.4. The van der Waals surface area contributed by atoms with Crippen LogP contribution in [0.2, 0.25) is 0 Å². The van der Waals surface area contributed by atoms with Gasteiger partial charge in [0.2, 0.25) is 6.79 Å². The lowest BCUT2D eigenvalue weighted by molar-refractivity contribution is -0.336. The normalized spacial score (nSPS) is 33.2. The number of phenolic OH excluding ortho intramolecular Hbond substituents is 1. The number of Topliss-reactive ketones (excluding diaryl/α,β-unsaturated/α-hetero) is 1. The maximum absolute atomic E-state index is 14.1. The lowest BCUT2D eigenvalue weighted by atomic mass is 9.74. The Morgan fingerprint density at radius 2 is 1.53 bits per heavy atom. The van der Waals surface area contributed by atoms with Crippen LogP contribution in [-0.2, 0) is 38.1 Å². The van der Waals surface area contributed by atoms with Crippen LogP contribution in [0, 0.1) is 30.6 Å². The molecule has 5 aliphatic rings. The number of esters is 2. The van der Waals surface area contributed by atoms with Crippen molar-refractivity contribution in [2.45, 2.75) is 112 Å². The van der Waals surface area contributed by atoms with E-state index in [0.717, 1.165) is 6.92 Å². The zero-order valence-electron chi connectivity index (χ0n) is 35.0. The molecule has 6 rings (SSSR count). The van der Waals surface area contributed by atoms with Crippen molar-refractivity contribution in [1.29, 1.82) is 0 Å². The molecule has 15 nitrogen and oxygen atoms in total. The lowest BCUT2D eigenvalue weighted by Crippen LogP contribution is -2.59. The quantitative estimate of drug-likeness (QED) is 0.153. The number of methoxy groups -OCH3 is 1. The van der Waals surface area contributed by atoms with Crippen molar-refractivity contribution in [3.63, 3.8) is 0 Å². The first-order valence-corrected chi connectivity index (χ1v) is 19.2. The molecule has 1 aromatic rings. The Balaban J connectivity index is 1.80. The van der Waals surface area contributed by atoms with E-state index in [4.69, 9.17) is 28.4 Å². The van der Waals surface area contributed by atoms with Gasteiger partial charge in [-0.1, -0.05) is 39.0 Å². The number of carbonyl (C=O) groups excluding carboxylic acids is 4. The molecule has 1 amide bonds. The summed E-state index contributed by atoms with van der Waals surface area (Å²) < 4.78 is 35.4. The summed E-state index contributed by atoms with van der Waals surface area (Å²) in [6.45, 7) is 16.7. The maximum Gasteiger partial charge on any atom is 0.313 e. The van der Waals surface area contributed by atoms with Crippen molar-refractivity contribution in [1.82, 2.24) is 0 Å². The van der Waals surface area contributed by atoms with Crippen LogP contribution in [0.1, 0.15) is 90.7 Å². The minimum atomic E-state index is -2.11. The maximum atomic E-state index is 14.1. The van der Waals surface area contributed by atoms with E-state index in [2.05, 4.69) is 5.32 Å². The predicted molar refractivity (Wildman–Crippen MR) is 210 cm³/mol. The van der Waals surface area contributed by atoms with Gasteiger partial charge in [0.15, 0.2) is 17.3 Å². The summed E-state index contributed by atoms with van der Waals surface area (Å²) in [7, 11) is 1.18. The average Bonchev–Trinajstić information content (AvgIpc) is 3.15. The minimum absolute atomic E-state index is 0.0437. The Labute approximate surface area is 338 Å². The molecule has 0 radical (unpaired) electrons. The number of ketones is 1. The van der Waals surface area contributed by atoms with Gasteiger partial charge in [0.25, 0.3) is 5.91 Å². The summed E-state index contributed by atoms with van der Waals surface area (Å²) in [5.41, 5.74) is -1.95. The topological polar surface area (TPSA) is 217 Å². The Hall–Kier alpha value is -4.80. The average molecular weight is 810 g/mol. The molecule has 9 atom stereocenters. The Morgan fingerprint density at radius 3 is 2.16 bits per heavy atom. The summed E-state index contributed by atoms with van der Waals surface area (Å²) in [6.07, 6.45) is 1.44. The van der Waals surface area contributed by atoms with Gasteiger partial charge in [-0.15, -0.1) is 0 Å². The molecular formula is C43H55NO14. The van der Waals surface area contributed by atoms with E-state index < -0.39 is 82.9 Å². The Bertz CT molecular complexity index is 2050. The molecule has 1 saturated heterocycles. The van der Waals surface area contributed by atoms with Gasteiger partial charge >= 0.3 is 11.9 Å². The first kappa shape index (κ1) is 44.3. The number of hydrogen-bond donors (Lipinski definition) is 5. The third kappa shape index (κ3) is 8.10. The molecule has 58 heavy (non-hydrogen) atoms. The van der Waals surface area contributed by atoms with Crippen LogP contribution in [0.25, 0.3) is 5.57 Å². The van der Waals surface area contributed by atoms with Crippen molar-refractivity contribution >= 4 is 34.9 Å². The number of hydrogen-bond acceptors (Lipinski definition) is 14. The Kier molecular flexibility index (Phi) is 12.6. The molecule has 316 valence electrons. The molecule has 1 aromatic carbocycles. The first-order valence-electron chi connectivity index (χ1n) is 19.2. The smallest absolute Gasteiger partial charge is 0.313 e. The zero-order valence-corrected chi connectivity index (χ0v) is 35.0. The first-order chi connectivity index (χ1) is 26.9. The highest BCUT2D eigenvalue weighted by atomic mass is 16.7. The van der Waals surface area contributed by atoms with E-state index in [0.29, 0.717) is 0 Å². The van der Waals surface area contributed by atoms with Crippen molar-refractivity contribution in [3.05, 3.63) is 69.2 Å². The molecule has 4 aliphatic heterocycles. The lowest BCUT2D eigenvalue weighted by Gasteiger charge is -2.49. The molecule has 0 spiro atoms. The van der Waals surface area contributed by atoms with Crippen LogP contribution in [0.3, 0.4) is 0 Å². The molecule has 4 heterocycles. The fourth-order valence-electron chi connectivity index (χ4n) is 8.32.